The van der Waals surface area contributed by atoms with Gasteiger partial charge in [0.1, 0.15) is 21.7 Å². The van der Waals surface area contributed by atoms with Crippen molar-refractivity contribution in [2.24, 2.45) is 0 Å². The molecule has 4 heterocycles. The second kappa shape index (κ2) is 13.0. The van der Waals surface area contributed by atoms with Crippen LogP contribution in [0.25, 0.3) is 85.3 Å². The van der Waals surface area contributed by atoms with Gasteiger partial charge in [-0.2, -0.15) is 0 Å². The van der Waals surface area contributed by atoms with E-state index in [2.05, 4.69) is 144 Å². The lowest BCUT2D eigenvalue weighted by atomic mass is 9.96. The summed E-state index contributed by atoms with van der Waals surface area (Å²) in [5.74, 6) is 1.48. The summed E-state index contributed by atoms with van der Waals surface area (Å²) in [4.78, 5) is 22.4. The number of hydrogen-bond acceptors (Lipinski definition) is 7. The second-order valence-corrected chi connectivity index (χ2v) is 15.6. The summed E-state index contributed by atoms with van der Waals surface area (Å²) in [6.07, 6.45) is 0. The van der Waals surface area contributed by atoms with Crippen molar-refractivity contribution in [3.63, 3.8) is 0 Å². The third-order valence-corrected chi connectivity index (χ3v) is 12.3. The van der Waals surface area contributed by atoms with E-state index in [1.807, 2.05) is 36.4 Å². The van der Waals surface area contributed by atoms with Gasteiger partial charge in [0.15, 0.2) is 11.3 Å². The highest BCUT2D eigenvalue weighted by Gasteiger charge is 2.20. The predicted octanol–water partition coefficient (Wildman–Crippen LogP) is 13.6. The first-order valence-electron chi connectivity index (χ1n) is 18.1. The highest BCUT2D eigenvalue weighted by Crippen LogP contribution is 2.40. The highest BCUT2D eigenvalue weighted by atomic mass is 32.1. The Hall–Kier alpha value is -6.80. The van der Waals surface area contributed by atoms with Crippen LogP contribution in [0.5, 0.6) is 0 Å². The van der Waals surface area contributed by atoms with Gasteiger partial charge in [0.05, 0.1) is 9.40 Å². The van der Waals surface area contributed by atoms with Crippen LogP contribution in [-0.2, 0) is 0 Å². The van der Waals surface area contributed by atoms with Gasteiger partial charge < -0.3 is 0 Å². The van der Waals surface area contributed by atoms with Crippen LogP contribution in [-0.4, -0.2) is 19.9 Å². The van der Waals surface area contributed by atoms with E-state index in [-0.39, 0.29) is 0 Å². The average Bonchev–Trinajstić information content (AvgIpc) is 3.88. The quantitative estimate of drug-likeness (QED) is 0.159. The molecule has 5 nitrogen and oxygen atoms in total. The molecule has 7 aromatic carbocycles. The topological polar surface area (TPSA) is 54.8 Å². The number of benzene rings is 7. The number of rotatable bonds is 6. The molecule has 11 rings (SSSR count). The van der Waals surface area contributed by atoms with Crippen LogP contribution >= 0.6 is 22.7 Å². The number of aromatic nitrogens is 4. The number of fused-ring (bicyclic) bond motifs is 6. The molecule has 7 heteroatoms. The third kappa shape index (κ3) is 5.69. The lowest BCUT2D eigenvalue weighted by Gasteiger charge is -2.23. The molecule has 258 valence electrons. The largest absolute Gasteiger partial charge is 0.279 e. The molecule has 0 saturated carbocycles. The zero-order valence-corrected chi connectivity index (χ0v) is 30.9. The standard InChI is InChI=1S/C48H29N5S2/c1-3-10-31(11-4-1)47-51-45-41(54-47)23-25-43(49-45)53(44-26-24-42-46(50-44)52-48(55-42)32-12-5-2-6-13-32)38-20-22-40-37(29-38)18-17-36-28-35(19-21-39(36)40)34-16-15-30-9-7-8-14-33(30)27-34/h1-29H. The molecule has 11 aromatic rings. The molecule has 0 bridgehead atoms. The maximum Gasteiger partial charge on any atom is 0.173 e. The normalized spacial score (nSPS) is 11.6. The number of anilines is 3. The Bertz CT molecular complexity index is 3110. The molecule has 0 amide bonds. The van der Waals surface area contributed by atoms with Gasteiger partial charge in [-0.15, -0.1) is 22.7 Å². The van der Waals surface area contributed by atoms with Crippen molar-refractivity contribution in [2.75, 3.05) is 4.90 Å². The molecule has 0 aliphatic rings. The van der Waals surface area contributed by atoms with E-state index in [9.17, 15) is 0 Å². The van der Waals surface area contributed by atoms with Gasteiger partial charge in [-0.1, -0.05) is 127 Å². The minimum Gasteiger partial charge on any atom is -0.279 e. The van der Waals surface area contributed by atoms with Crippen LogP contribution < -0.4 is 4.90 Å². The van der Waals surface area contributed by atoms with Crippen LogP contribution in [0.2, 0.25) is 0 Å². The fraction of sp³-hybridized carbons (Fsp3) is 0. The summed E-state index contributed by atoms with van der Waals surface area (Å²) in [7, 11) is 0. The number of thiazole rings is 2. The Morgan fingerprint density at radius 1 is 0.345 bits per heavy atom. The van der Waals surface area contributed by atoms with Crippen molar-refractivity contribution in [3.8, 4) is 32.3 Å². The van der Waals surface area contributed by atoms with Gasteiger partial charge in [-0.3, -0.25) is 4.90 Å². The van der Waals surface area contributed by atoms with Crippen molar-refractivity contribution < 1.29 is 0 Å². The monoisotopic (exact) mass is 739 g/mol. The number of pyridine rings is 2. The van der Waals surface area contributed by atoms with Crippen molar-refractivity contribution in [2.45, 2.75) is 0 Å². The minimum atomic E-state index is 0.710. The van der Waals surface area contributed by atoms with Crippen LogP contribution in [0.4, 0.5) is 17.3 Å². The lowest BCUT2D eigenvalue weighted by molar-refractivity contribution is 1.15. The number of nitrogens with zero attached hydrogens (tertiary/aromatic N) is 5. The van der Waals surface area contributed by atoms with Crippen LogP contribution in [0.15, 0.2) is 176 Å². The van der Waals surface area contributed by atoms with Crippen molar-refractivity contribution in [3.05, 3.63) is 176 Å². The molecular formula is C48H29N5S2. The van der Waals surface area contributed by atoms with E-state index in [0.717, 1.165) is 53.3 Å². The van der Waals surface area contributed by atoms with Gasteiger partial charge in [-0.05, 0) is 92.0 Å². The maximum atomic E-state index is 5.16. The van der Waals surface area contributed by atoms with Gasteiger partial charge in [0.25, 0.3) is 0 Å². The first-order chi connectivity index (χ1) is 27.2. The van der Waals surface area contributed by atoms with Crippen LogP contribution in [0, 0.1) is 0 Å². The smallest absolute Gasteiger partial charge is 0.173 e. The summed E-state index contributed by atoms with van der Waals surface area (Å²) < 4.78 is 2.07. The molecule has 0 atom stereocenters. The summed E-state index contributed by atoms with van der Waals surface area (Å²) in [6, 6.07) is 62.0. The Morgan fingerprint density at radius 2 is 0.836 bits per heavy atom. The fourth-order valence-corrected chi connectivity index (χ4v) is 9.23. The van der Waals surface area contributed by atoms with Gasteiger partial charge >= 0.3 is 0 Å². The summed E-state index contributed by atoms with van der Waals surface area (Å²) in [6.45, 7) is 0. The van der Waals surface area contributed by atoms with Crippen LogP contribution in [0.1, 0.15) is 0 Å². The Morgan fingerprint density at radius 3 is 1.45 bits per heavy atom. The Balaban J connectivity index is 1.03. The second-order valence-electron chi connectivity index (χ2n) is 13.6. The molecule has 0 unspecified atom stereocenters. The Kier molecular flexibility index (Phi) is 7.46. The van der Waals surface area contributed by atoms with Crippen molar-refractivity contribution in [1.82, 2.24) is 19.9 Å². The molecule has 0 radical (unpaired) electrons. The van der Waals surface area contributed by atoms with Crippen molar-refractivity contribution in [1.29, 1.82) is 0 Å². The van der Waals surface area contributed by atoms with E-state index in [4.69, 9.17) is 19.9 Å². The average molecular weight is 740 g/mol. The SMILES string of the molecule is c1ccc(-c2nc3nc(N(c4ccc5c(ccc6cc(-c7ccc8ccccc8c7)ccc65)c4)c4ccc5sc(-c6ccccc6)nc5n4)ccc3s2)cc1. The van der Waals surface area contributed by atoms with Gasteiger partial charge in [-0.25, -0.2) is 19.9 Å². The van der Waals surface area contributed by atoms with E-state index >= 15 is 0 Å². The highest BCUT2D eigenvalue weighted by molar-refractivity contribution is 7.22. The first-order valence-corrected chi connectivity index (χ1v) is 19.8. The van der Waals surface area contributed by atoms with Crippen molar-refractivity contribution >= 4 is 93.0 Å². The zero-order valence-electron chi connectivity index (χ0n) is 29.3. The molecule has 0 aliphatic carbocycles. The lowest BCUT2D eigenvalue weighted by Crippen LogP contribution is -2.13. The summed E-state index contributed by atoms with van der Waals surface area (Å²) in [5, 5.41) is 9.14. The zero-order chi connectivity index (χ0) is 36.3. The first kappa shape index (κ1) is 31.7. The molecule has 4 aromatic heterocycles. The van der Waals surface area contributed by atoms with E-state index < -0.39 is 0 Å². The maximum absolute atomic E-state index is 5.16. The van der Waals surface area contributed by atoms with E-state index in [1.165, 1.54) is 38.1 Å². The van der Waals surface area contributed by atoms with Gasteiger partial charge in [0, 0.05) is 16.8 Å². The molecular weight excluding hydrogens is 711 g/mol. The number of hydrogen-bond donors (Lipinski definition) is 0. The summed E-state index contributed by atoms with van der Waals surface area (Å²) in [5.41, 5.74) is 6.96. The molecule has 0 N–H and O–H groups in total. The van der Waals surface area contributed by atoms with Gasteiger partial charge in [0.2, 0.25) is 0 Å². The van der Waals surface area contributed by atoms with E-state index in [0.29, 0.717) is 11.3 Å². The minimum absolute atomic E-state index is 0.710. The molecule has 55 heavy (non-hydrogen) atoms. The predicted molar refractivity (Wildman–Crippen MR) is 232 cm³/mol. The Labute approximate surface area is 324 Å². The van der Waals surface area contributed by atoms with E-state index in [1.54, 1.807) is 22.7 Å². The fourth-order valence-electron chi connectivity index (χ4n) is 7.40. The molecule has 0 aliphatic heterocycles. The molecule has 0 fully saturated rings. The molecule has 0 saturated heterocycles. The summed E-state index contributed by atoms with van der Waals surface area (Å²) >= 11 is 3.30. The molecule has 0 spiro atoms. The van der Waals surface area contributed by atoms with Crippen LogP contribution in [0.3, 0.4) is 0 Å². The third-order valence-electron chi connectivity index (χ3n) is 10.1.